The maximum absolute atomic E-state index is 10.4. The summed E-state index contributed by atoms with van der Waals surface area (Å²) in [5.41, 5.74) is 0. The predicted molar refractivity (Wildman–Crippen MR) is 79.1 cm³/mol. The molecule has 1 aromatic heterocycles. The lowest BCUT2D eigenvalue weighted by Gasteiger charge is -2.00. The second-order valence-corrected chi connectivity index (χ2v) is 5.37. The van der Waals surface area contributed by atoms with Gasteiger partial charge in [-0.2, -0.15) is 0 Å². The molecule has 0 bridgehead atoms. The second-order valence-electron chi connectivity index (χ2n) is 4.12. The number of rotatable bonds is 3. The molecule has 0 atom stereocenters. The number of aryl methyl sites for hydroxylation is 2. The number of imidazole rings is 1. The van der Waals surface area contributed by atoms with Crippen LogP contribution in [0.25, 0.3) is 0 Å². The number of nitrogens with zero attached hydrogens (tertiary/aromatic N) is 2. The van der Waals surface area contributed by atoms with Crippen molar-refractivity contribution < 1.29 is 9.67 Å². The molecule has 0 N–H and O–H groups in total. The lowest BCUT2D eigenvalue weighted by atomic mass is 10.3. The monoisotopic (exact) mass is 358 g/mol. The Morgan fingerprint density at radius 1 is 1.28 bits per heavy atom. The van der Waals surface area contributed by atoms with Crippen LogP contribution in [0.5, 0.6) is 5.75 Å². The van der Waals surface area contributed by atoms with Crippen LogP contribution in [0.15, 0.2) is 43.0 Å². The average molecular weight is 358 g/mol. The van der Waals surface area contributed by atoms with Crippen LogP contribution in [-0.2, 0) is 13.6 Å². The van der Waals surface area contributed by atoms with E-state index in [1.807, 2.05) is 7.05 Å². The smallest absolute Gasteiger partial charge is 0.243 e. The molecular formula is C14H19IN2O. The highest BCUT2D eigenvalue weighted by atomic mass is 127. The van der Waals surface area contributed by atoms with Crippen LogP contribution >= 0.6 is 22.6 Å². The molecule has 0 saturated heterocycles. The Hall–Kier alpha value is -1.04. The first-order valence-corrected chi connectivity index (χ1v) is 7.13. The highest BCUT2D eigenvalue weighted by Gasteiger charge is 1.96. The molecule has 0 aliphatic heterocycles. The van der Waals surface area contributed by atoms with Gasteiger partial charge in [-0.15, -0.1) is 5.75 Å². The van der Waals surface area contributed by atoms with Gasteiger partial charge in [-0.25, -0.2) is 9.13 Å². The molecule has 98 valence electrons. The number of benzene rings is 1. The molecule has 0 fully saturated rings. The zero-order valence-electron chi connectivity index (χ0n) is 10.8. The van der Waals surface area contributed by atoms with Gasteiger partial charge in [-0.05, 0) is 41.1 Å². The van der Waals surface area contributed by atoms with Gasteiger partial charge in [0.1, 0.15) is 12.4 Å². The first-order chi connectivity index (χ1) is 8.61. The predicted octanol–water partition coefficient (Wildman–Crippen LogP) is 2.48. The summed E-state index contributed by atoms with van der Waals surface area (Å²) in [7, 11) is 2.04. The molecular weight excluding hydrogens is 339 g/mol. The molecule has 0 spiro atoms. The van der Waals surface area contributed by atoms with Gasteiger partial charge >= 0.3 is 0 Å². The third-order valence-electron chi connectivity index (χ3n) is 2.41. The quantitative estimate of drug-likeness (QED) is 0.613. The first-order valence-electron chi connectivity index (χ1n) is 6.05. The number of aromatic nitrogens is 2. The fourth-order valence-electron chi connectivity index (χ4n) is 1.41. The van der Waals surface area contributed by atoms with Crippen molar-refractivity contribution >= 4 is 22.6 Å². The zero-order valence-corrected chi connectivity index (χ0v) is 13.0. The molecule has 2 aromatic rings. The van der Waals surface area contributed by atoms with Crippen molar-refractivity contribution in [1.29, 1.82) is 0 Å². The lowest BCUT2D eigenvalue weighted by molar-refractivity contribution is -0.696. The Labute approximate surface area is 122 Å². The highest BCUT2D eigenvalue weighted by molar-refractivity contribution is 14.1. The van der Waals surface area contributed by atoms with Crippen LogP contribution in [0.1, 0.15) is 19.8 Å². The second kappa shape index (κ2) is 8.13. The Bertz CT molecular complexity index is 430. The van der Waals surface area contributed by atoms with Crippen LogP contribution in [-0.4, -0.2) is 4.57 Å². The number of hydrogen-bond acceptors (Lipinski definition) is 1. The van der Waals surface area contributed by atoms with E-state index in [4.69, 9.17) is 0 Å². The summed E-state index contributed by atoms with van der Waals surface area (Å²) in [4.78, 5) is 0. The van der Waals surface area contributed by atoms with Gasteiger partial charge in [0.25, 0.3) is 0 Å². The van der Waals surface area contributed by atoms with Gasteiger partial charge in [-0.1, -0.05) is 25.5 Å². The van der Waals surface area contributed by atoms with Crippen molar-refractivity contribution in [2.24, 2.45) is 7.05 Å². The Balaban J connectivity index is 0.000000184. The summed E-state index contributed by atoms with van der Waals surface area (Å²) in [6, 6.07) is 6.70. The number of unbranched alkanes of at least 4 members (excludes halogenated alkanes) is 1. The van der Waals surface area contributed by atoms with Crippen LogP contribution < -0.4 is 9.67 Å². The van der Waals surface area contributed by atoms with Crippen molar-refractivity contribution in [1.82, 2.24) is 4.57 Å². The fourth-order valence-corrected chi connectivity index (χ4v) is 1.77. The molecule has 0 unspecified atom stereocenters. The summed E-state index contributed by atoms with van der Waals surface area (Å²) in [5.74, 6) is 0.0745. The van der Waals surface area contributed by atoms with Gasteiger partial charge in [-0.3, -0.25) is 0 Å². The summed E-state index contributed by atoms with van der Waals surface area (Å²) in [6.07, 6.45) is 8.82. The fraction of sp³-hybridized carbons (Fsp3) is 0.357. The van der Waals surface area contributed by atoms with Gasteiger partial charge in [0, 0.05) is 3.57 Å². The molecule has 1 aromatic carbocycles. The minimum Gasteiger partial charge on any atom is -0.872 e. The van der Waals surface area contributed by atoms with E-state index in [-0.39, 0.29) is 5.75 Å². The van der Waals surface area contributed by atoms with E-state index in [0.29, 0.717) is 0 Å². The van der Waals surface area contributed by atoms with Crippen molar-refractivity contribution in [2.75, 3.05) is 0 Å². The van der Waals surface area contributed by atoms with Crippen molar-refractivity contribution in [2.45, 2.75) is 26.3 Å². The summed E-state index contributed by atoms with van der Waals surface area (Å²) in [5, 5.41) is 10.4. The standard InChI is InChI=1S/C8H15N2.C6H5IO/c1-3-4-5-10-7-6-9(2)8-10;7-5-1-3-6(8)4-2-5/h6-8H,3-5H2,1-2H3;1-4,8H/q+1;/p-1. The minimum atomic E-state index is 0.0745. The van der Waals surface area contributed by atoms with Gasteiger partial charge in [0.15, 0.2) is 0 Å². The number of hydrogen-bond donors (Lipinski definition) is 0. The summed E-state index contributed by atoms with van der Waals surface area (Å²) >= 11 is 2.16. The molecule has 0 saturated carbocycles. The van der Waals surface area contributed by atoms with Crippen LogP contribution in [0, 0.1) is 3.57 Å². The van der Waals surface area contributed by atoms with Crippen LogP contribution in [0.3, 0.4) is 0 Å². The van der Waals surface area contributed by atoms with E-state index >= 15 is 0 Å². The summed E-state index contributed by atoms with van der Waals surface area (Å²) in [6.45, 7) is 3.36. The molecule has 0 aliphatic carbocycles. The third kappa shape index (κ3) is 6.05. The molecule has 4 heteroatoms. The maximum Gasteiger partial charge on any atom is 0.243 e. The van der Waals surface area contributed by atoms with Crippen molar-refractivity contribution in [3.05, 3.63) is 46.6 Å². The molecule has 2 rings (SSSR count). The normalized spacial score (nSPS) is 9.72. The van der Waals surface area contributed by atoms with E-state index < -0.39 is 0 Å². The maximum atomic E-state index is 10.4. The largest absolute Gasteiger partial charge is 0.872 e. The van der Waals surface area contributed by atoms with E-state index in [2.05, 4.69) is 57.4 Å². The van der Waals surface area contributed by atoms with Gasteiger partial charge in [0.2, 0.25) is 6.33 Å². The SMILES string of the molecule is CCCC[n+]1ccn(C)c1.[O-]c1ccc(I)cc1. The van der Waals surface area contributed by atoms with E-state index in [1.165, 1.54) is 12.8 Å². The zero-order chi connectivity index (χ0) is 13.4. The van der Waals surface area contributed by atoms with Gasteiger partial charge in [0.05, 0.1) is 13.6 Å². The van der Waals surface area contributed by atoms with Crippen LogP contribution in [0.2, 0.25) is 0 Å². The Kier molecular flexibility index (Phi) is 6.78. The molecule has 0 radical (unpaired) electrons. The van der Waals surface area contributed by atoms with Crippen LogP contribution in [0.4, 0.5) is 0 Å². The minimum absolute atomic E-state index is 0.0745. The highest BCUT2D eigenvalue weighted by Crippen LogP contribution is 2.07. The van der Waals surface area contributed by atoms with Gasteiger partial charge < -0.3 is 5.11 Å². The Morgan fingerprint density at radius 2 is 1.94 bits per heavy atom. The molecule has 1 heterocycles. The number of halogens is 1. The summed E-state index contributed by atoms with van der Waals surface area (Å²) < 4.78 is 5.38. The third-order valence-corrected chi connectivity index (χ3v) is 3.13. The molecule has 3 nitrogen and oxygen atoms in total. The molecule has 0 aliphatic rings. The average Bonchev–Trinajstić information content (AvgIpc) is 2.77. The van der Waals surface area contributed by atoms with Crippen molar-refractivity contribution in [3.8, 4) is 5.75 Å². The van der Waals surface area contributed by atoms with Crippen molar-refractivity contribution in [3.63, 3.8) is 0 Å². The van der Waals surface area contributed by atoms with E-state index in [0.717, 1.165) is 10.1 Å². The Morgan fingerprint density at radius 3 is 2.39 bits per heavy atom. The molecule has 0 amide bonds. The lowest BCUT2D eigenvalue weighted by Crippen LogP contribution is -2.30. The van der Waals surface area contributed by atoms with E-state index in [1.54, 1.807) is 24.3 Å². The molecule has 18 heavy (non-hydrogen) atoms. The van der Waals surface area contributed by atoms with E-state index in [9.17, 15) is 5.11 Å². The first kappa shape index (κ1) is 15.0. The topological polar surface area (TPSA) is 31.9 Å².